The fourth-order valence-corrected chi connectivity index (χ4v) is 5.18. The van der Waals surface area contributed by atoms with E-state index in [4.69, 9.17) is 4.74 Å². The van der Waals surface area contributed by atoms with Crippen molar-refractivity contribution >= 4 is 16.1 Å². The molecular formula is C23H24F5N3O4S. The molecule has 0 saturated carbocycles. The largest absolute Gasteiger partial charge is 0.368 e. The van der Waals surface area contributed by atoms with Crippen molar-refractivity contribution in [1.82, 2.24) is 13.9 Å². The van der Waals surface area contributed by atoms with Gasteiger partial charge in [-0.3, -0.25) is 4.79 Å². The van der Waals surface area contributed by atoms with Gasteiger partial charge in [-0.1, -0.05) is 18.2 Å². The lowest BCUT2D eigenvalue weighted by atomic mass is 9.95. The number of nitrogens with one attached hydrogen (secondary N) is 1. The number of hydrogen-bond donors (Lipinski definition) is 1. The van der Waals surface area contributed by atoms with Crippen LogP contribution in [-0.2, 0) is 26.2 Å². The first-order chi connectivity index (χ1) is 16.8. The Labute approximate surface area is 205 Å². The Morgan fingerprint density at radius 3 is 2.36 bits per heavy atom. The molecule has 3 atom stereocenters. The standard InChI is InChI=1S/C23H24F5N3O4S/c1-30(2)36(33,34)29-21-18(31(12-23(21,27)28)22(32)19-6-7-35-19)10-13-4-3-5-17(20(13)26)14-8-15(24)11-16(25)9-14/h3-5,8-9,11,18-19,21,29H,6-7,10,12H2,1-2H3/t18-,19+,21+/m0/s1. The smallest absolute Gasteiger partial charge is 0.283 e. The minimum atomic E-state index is -4.35. The van der Waals surface area contributed by atoms with Gasteiger partial charge in [0.15, 0.2) is 0 Å². The highest BCUT2D eigenvalue weighted by Gasteiger charge is 2.58. The summed E-state index contributed by atoms with van der Waals surface area (Å²) in [6.07, 6.45) is -1.12. The lowest BCUT2D eigenvalue weighted by Gasteiger charge is -2.34. The van der Waals surface area contributed by atoms with Gasteiger partial charge < -0.3 is 9.64 Å². The molecule has 196 valence electrons. The fraction of sp³-hybridized carbons (Fsp3) is 0.435. The van der Waals surface area contributed by atoms with E-state index in [1.165, 1.54) is 18.2 Å². The quantitative estimate of drug-likeness (QED) is 0.556. The summed E-state index contributed by atoms with van der Waals surface area (Å²) in [4.78, 5) is 13.7. The molecule has 0 aliphatic carbocycles. The summed E-state index contributed by atoms with van der Waals surface area (Å²) in [6.45, 7) is -0.809. The normalized spacial score (nSPS) is 23.7. The highest BCUT2D eigenvalue weighted by Crippen LogP contribution is 2.37. The van der Waals surface area contributed by atoms with Crippen molar-refractivity contribution in [2.45, 2.75) is 37.0 Å². The first kappa shape index (κ1) is 26.5. The van der Waals surface area contributed by atoms with Gasteiger partial charge in [0.25, 0.3) is 22.0 Å². The average molecular weight is 534 g/mol. The molecule has 2 heterocycles. The van der Waals surface area contributed by atoms with Crippen molar-refractivity contribution < 1.29 is 39.9 Å². The summed E-state index contributed by atoms with van der Waals surface area (Å²) < 4.78 is 106. The molecule has 4 rings (SSSR count). The number of hydrogen-bond acceptors (Lipinski definition) is 4. The Balaban J connectivity index is 1.74. The van der Waals surface area contributed by atoms with Crippen LogP contribution >= 0.6 is 0 Å². The molecule has 2 fully saturated rings. The van der Waals surface area contributed by atoms with Crippen LogP contribution in [0, 0.1) is 17.5 Å². The first-order valence-corrected chi connectivity index (χ1v) is 12.5. The number of amides is 1. The Morgan fingerprint density at radius 1 is 1.17 bits per heavy atom. The lowest BCUT2D eigenvalue weighted by molar-refractivity contribution is -0.158. The zero-order valence-corrected chi connectivity index (χ0v) is 20.2. The van der Waals surface area contributed by atoms with Gasteiger partial charge in [-0.05, 0) is 29.7 Å². The third-order valence-corrected chi connectivity index (χ3v) is 7.83. The molecule has 0 aromatic heterocycles. The molecule has 2 aromatic carbocycles. The van der Waals surface area contributed by atoms with Crippen LogP contribution in [0.25, 0.3) is 11.1 Å². The SMILES string of the molecule is CN(C)S(=O)(=O)N[C@@H]1[C@H](Cc2cccc(-c3cc(F)cc(F)c3)c2F)N(C(=O)[C@H]2CCO2)CC1(F)F. The van der Waals surface area contributed by atoms with Gasteiger partial charge in [0.05, 0.1) is 19.2 Å². The Hall–Kier alpha value is -2.61. The summed E-state index contributed by atoms with van der Waals surface area (Å²) >= 11 is 0. The Bertz CT molecular complexity index is 1250. The van der Waals surface area contributed by atoms with E-state index in [2.05, 4.69) is 0 Å². The van der Waals surface area contributed by atoms with Gasteiger partial charge in [0, 0.05) is 32.1 Å². The van der Waals surface area contributed by atoms with E-state index in [1.54, 1.807) is 0 Å². The van der Waals surface area contributed by atoms with Gasteiger partial charge in [-0.2, -0.15) is 17.4 Å². The molecule has 2 aliphatic heterocycles. The van der Waals surface area contributed by atoms with Crippen LogP contribution in [0.5, 0.6) is 0 Å². The first-order valence-electron chi connectivity index (χ1n) is 11.0. The van der Waals surface area contributed by atoms with Gasteiger partial charge in [-0.25, -0.2) is 22.0 Å². The Morgan fingerprint density at radius 2 is 1.81 bits per heavy atom. The zero-order chi connectivity index (χ0) is 26.4. The van der Waals surface area contributed by atoms with Gasteiger partial charge in [-0.15, -0.1) is 0 Å². The number of carbonyl (C=O) groups is 1. The molecule has 2 aliphatic rings. The van der Waals surface area contributed by atoms with Gasteiger partial charge >= 0.3 is 0 Å². The molecule has 13 heteroatoms. The van der Waals surface area contributed by atoms with Crippen LogP contribution in [-0.4, -0.2) is 74.9 Å². The fourth-order valence-electron chi connectivity index (χ4n) is 4.31. The highest BCUT2D eigenvalue weighted by atomic mass is 32.2. The van der Waals surface area contributed by atoms with Crippen molar-refractivity contribution in [1.29, 1.82) is 0 Å². The number of halogens is 5. The second kappa shape index (κ2) is 9.69. The third-order valence-electron chi connectivity index (χ3n) is 6.32. The highest BCUT2D eigenvalue weighted by molar-refractivity contribution is 7.87. The number of likely N-dealkylation sites (tertiary alicyclic amines) is 1. The van der Waals surface area contributed by atoms with E-state index in [1.807, 2.05) is 4.72 Å². The van der Waals surface area contributed by atoms with E-state index in [0.717, 1.165) is 31.1 Å². The number of benzene rings is 2. The molecule has 2 saturated heterocycles. The predicted octanol–water partition coefficient (Wildman–Crippen LogP) is 2.71. The van der Waals surface area contributed by atoms with E-state index < -0.39 is 70.6 Å². The molecule has 0 radical (unpaired) electrons. The topological polar surface area (TPSA) is 79.0 Å². The van der Waals surface area contributed by atoms with Crippen LogP contribution in [0.1, 0.15) is 12.0 Å². The van der Waals surface area contributed by atoms with Crippen LogP contribution < -0.4 is 4.72 Å². The lowest BCUT2D eigenvalue weighted by Crippen LogP contribution is -2.55. The second-order valence-corrected chi connectivity index (χ2v) is 10.9. The number of rotatable bonds is 7. The van der Waals surface area contributed by atoms with E-state index in [9.17, 15) is 22.0 Å². The molecule has 1 N–H and O–H groups in total. The number of alkyl halides is 2. The molecule has 0 bridgehead atoms. The zero-order valence-electron chi connectivity index (χ0n) is 19.4. The molecule has 1 amide bonds. The van der Waals surface area contributed by atoms with Crippen molar-refractivity contribution in [2.75, 3.05) is 27.2 Å². The monoisotopic (exact) mass is 533 g/mol. The number of carbonyl (C=O) groups excluding carboxylic acids is 1. The number of ether oxygens (including phenoxy) is 1. The Kier molecular flexibility index (Phi) is 7.12. The summed E-state index contributed by atoms with van der Waals surface area (Å²) in [6, 6.07) is 2.87. The summed E-state index contributed by atoms with van der Waals surface area (Å²) in [7, 11) is -2.05. The maximum Gasteiger partial charge on any atom is 0.283 e. The molecular weight excluding hydrogens is 509 g/mol. The number of nitrogens with zero attached hydrogens (tertiary/aromatic N) is 2. The second-order valence-electron chi connectivity index (χ2n) is 8.97. The van der Waals surface area contributed by atoms with Crippen molar-refractivity contribution in [3.05, 3.63) is 59.4 Å². The van der Waals surface area contributed by atoms with Crippen LogP contribution in [0.15, 0.2) is 36.4 Å². The average Bonchev–Trinajstić information content (AvgIpc) is 2.97. The van der Waals surface area contributed by atoms with Gasteiger partial charge in [0.1, 0.15) is 29.6 Å². The summed E-state index contributed by atoms with van der Waals surface area (Å²) in [5, 5.41) is 0. The molecule has 0 spiro atoms. The maximum atomic E-state index is 15.5. The minimum Gasteiger partial charge on any atom is -0.368 e. The maximum absolute atomic E-state index is 15.5. The van der Waals surface area contributed by atoms with Crippen LogP contribution in [0.3, 0.4) is 0 Å². The van der Waals surface area contributed by atoms with E-state index in [-0.39, 0.29) is 23.3 Å². The molecule has 0 unspecified atom stereocenters. The molecule has 2 aromatic rings. The van der Waals surface area contributed by atoms with Crippen molar-refractivity contribution in [2.24, 2.45) is 0 Å². The van der Waals surface area contributed by atoms with Crippen LogP contribution in [0.2, 0.25) is 0 Å². The summed E-state index contributed by atoms with van der Waals surface area (Å²) in [5.41, 5.74) is -0.424. The van der Waals surface area contributed by atoms with Crippen LogP contribution in [0.4, 0.5) is 22.0 Å². The molecule has 7 nitrogen and oxygen atoms in total. The predicted molar refractivity (Wildman–Crippen MR) is 120 cm³/mol. The van der Waals surface area contributed by atoms with E-state index >= 15 is 13.2 Å². The summed E-state index contributed by atoms with van der Waals surface area (Å²) in [5.74, 6) is -7.21. The van der Waals surface area contributed by atoms with Crippen molar-refractivity contribution in [3.8, 4) is 11.1 Å². The van der Waals surface area contributed by atoms with E-state index in [0.29, 0.717) is 16.8 Å². The third kappa shape index (κ3) is 5.10. The molecule has 36 heavy (non-hydrogen) atoms. The minimum absolute atomic E-state index is 0.107. The van der Waals surface area contributed by atoms with Crippen molar-refractivity contribution in [3.63, 3.8) is 0 Å². The van der Waals surface area contributed by atoms with Gasteiger partial charge in [0.2, 0.25) is 0 Å².